The van der Waals surface area contributed by atoms with Gasteiger partial charge in [0.15, 0.2) is 5.69 Å². The highest BCUT2D eigenvalue weighted by Crippen LogP contribution is 2.23. The number of ether oxygens (including phenoxy) is 1. The first-order chi connectivity index (χ1) is 8.20. The summed E-state index contributed by atoms with van der Waals surface area (Å²) < 4.78 is 5.14. The molecule has 0 saturated heterocycles. The Balaban J connectivity index is 2.18. The maximum atomic E-state index is 11.8. The number of nitrogens with one attached hydrogen (secondary N) is 2. The number of aromatic amines is 1. The monoisotopic (exact) mass is 231 g/mol. The molecule has 1 aromatic carbocycles. The molecule has 0 saturated carbocycles. The minimum Gasteiger partial charge on any atom is -0.495 e. The van der Waals surface area contributed by atoms with Gasteiger partial charge in [-0.05, 0) is 25.1 Å². The molecule has 0 aliphatic rings. The quantitative estimate of drug-likeness (QED) is 0.848. The number of aryl methyl sites for hydroxylation is 1. The highest BCUT2D eigenvalue weighted by Gasteiger charge is 2.11. The fraction of sp³-hybridized carbons (Fsp3) is 0.167. The van der Waals surface area contributed by atoms with E-state index in [1.54, 1.807) is 25.3 Å². The van der Waals surface area contributed by atoms with Gasteiger partial charge in [0.1, 0.15) is 5.75 Å². The molecular weight excluding hydrogens is 218 g/mol. The number of carbonyl (C=O) groups excluding carboxylic acids is 1. The predicted octanol–water partition coefficient (Wildman–Crippen LogP) is 1.98. The number of H-pyrrole nitrogens is 1. The van der Waals surface area contributed by atoms with Crippen molar-refractivity contribution < 1.29 is 9.53 Å². The first-order valence-corrected chi connectivity index (χ1v) is 5.17. The van der Waals surface area contributed by atoms with Crippen LogP contribution in [0.3, 0.4) is 0 Å². The lowest BCUT2D eigenvalue weighted by atomic mass is 10.2. The van der Waals surface area contributed by atoms with Crippen molar-refractivity contribution in [3.8, 4) is 5.75 Å². The summed E-state index contributed by atoms with van der Waals surface area (Å²) in [5.41, 5.74) is 1.82. The Labute approximate surface area is 98.8 Å². The zero-order valence-electron chi connectivity index (χ0n) is 9.65. The molecule has 0 atom stereocenters. The van der Waals surface area contributed by atoms with Gasteiger partial charge in [0, 0.05) is 5.69 Å². The predicted molar refractivity (Wildman–Crippen MR) is 64.3 cm³/mol. The summed E-state index contributed by atoms with van der Waals surface area (Å²) >= 11 is 0. The minimum absolute atomic E-state index is 0.265. The second-order valence-electron chi connectivity index (χ2n) is 3.59. The second kappa shape index (κ2) is 4.69. The average Bonchev–Trinajstić information content (AvgIpc) is 2.77. The Morgan fingerprint density at radius 1 is 1.41 bits per heavy atom. The number of hydrogen-bond acceptors (Lipinski definition) is 3. The molecule has 5 nitrogen and oxygen atoms in total. The van der Waals surface area contributed by atoms with Crippen LogP contribution in [0.1, 0.15) is 16.2 Å². The molecule has 5 heteroatoms. The number of aromatic nitrogens is 2. The van der Waals surface area contributed by atoms with Crippen molar-refractivity contribution in [1.29, 1.82) is 0 Å². The van der Waals surface area contributed by atoms with E-state index in [2.05, 4.69) is 15.5 Å². The molecule has 2 N–H and O–H groups in total. The highest BCUT2D eigenvalue weighted by atomic mass is 16.5. The van der Waals surface area contributed by atoms with Gasteiger partial charge in [0.25, 0.3) is 5.91 Å². The summed E-state index contributed by atoms with van der Waals surface area (Å²) in [6.45, 7) is 1.84. The van der Waals surface area contributed by atoms with Crippen molar-refractivity contribution in [3.63, 3.8) is 0 Å². The molecule has 0 unspecified atom stereocenters. The van der Waals surface area contributed by atoms with Crippen LogP contribution in [-0.4, -0.2) is 23.2 Å². The minimum atomic E-state index is -0.265. The topological polar surface area (TPSA) is 67.0 Å². The molecule has 1 heterocycles. The van der Waals surface area contributed by atoms with Crippen LogP contribution >= 0.6 is 0 Å². The summed E-state index contributed by atoms with van der Waals surface area (Å²) in [4.78, 5) is 11.8. The Kier molecular flexibility index (Phi) is 3.09. The molecule has 0 bridgehead atoms. The van der Waals surface area contributed by atoms with Gasteiger partial charge in [-0.25, -0.2) is 0 Å². The van der Waals surface area contributed by atoms with Crippen LogP contribution in [-0.2, 0) is 0 Å². The molecule has 0 aliphatic heterocycles. The van der Waals surface area contributed by atoms with Crippen molar-refractivity contribution in [1.82, 2.24) is 10.2 Å². The van der Waals surface area contributed by atoms with Crippen molar-refractivity contribution in [2.24, 2.45) is 0 Å². The Bertz CT molecular complexity index is 534. The molecule has 0 spiro atoms. The number of nitrogens with zero attached hydrogens (tertiary/aromatic N) is 1. The molecule has 2 aromatic rings. The molecule has 0 aliphatic carbocycles. The fourth-order valence-corrected chi connectivity index (χ4v) is 1.47. The third kappa shape index (κ3) is 2.44. The van der Waals surface area contributed by atoms with Crippen molar-refractivity contribution in [3.05, 3.63) is 41.7 Å². The summed E-state index contributed by atoms with van der Waals surface area (Å²) in [6.07, 6.45) is 0. The van der Waals surface area contributed by atoms with Crippen LogP contribution < -0.4 is 10.1 Å². The molecule has 0 radical (unpaired) electrons. The molecule has 2 rings (SSSR count). The number of methoxy groups -OCH3 is 1. The van der Waals surface area contributed by atoms with Crippen molar-refractivity contribution in [2.75, 3.05) is 12.4 Å². The molecule has 17 heavy (non-hydrogen) atoms. The van der Waals surface area contributed by atoms with E-state index in [1.807, 2.05) is 19.1 Å². The Morgan fingerprint density at radius 2 is 2.18 bits per heavy atom. The van der Waals surface area contributed by atoms with Crippen LogP contribution in [0.4, 0.5) is 5.69 Å². The van der Waals surface area contributed by atoms with E-state index in [1.165, 1.54) is 0 Å². The lowest BCUT2D eigenvalue weighted by molar-refractivity contribution is 0.102. The number of anilines is 1. The number of para-hydroxylation sites is 2. The van der Waals surface area contributed by atoms with Gasteiger partial charge in [0.2, 0.25) is 0 Å². The molecule has 1 amide bonds. The summed E-state index contributed by atoms with van der Waals surface area (Å²) in [6, 6.07) is 8.91. The largest absolute Gasteiger partial charge is 0.495 e. The van der Waals surface area contributed by atoms with E-state index in [9.17, 15) is 4.79 Å². The van der Waals surface area contributed by atoms with E-state index >= 15 is 0 Å². The molecule has 1 aromatic heterocycles. The van der Waals surface area contributed by atoms with E-state index in [0.717, 1.165) is 5.69 Å². The van der Waals surface area contributed by atoms with Crippen LogP contribution in [0.5, 0.6) is 5.75 Å². The second-order valence-corrected chi connectivity index (χ2v) is 3.59. The number of rotatable bonds is 3. The zero-order valence-corrected chi connectivity index (χ0v) is 9.65. The van der Waals surface area contributed by atoms with Crippen LogP contribution in [0.2, 0.25) is 0 Å². The summed E-state index contributed by atoms with van der Waals surface area (Å²) in [5, 5.41) is 9.36. The average molecular weight is 231 g/mol. The van der Waals surface area contributed by atoms with Gasteiger partial charge in [0.05, 0.1) is 12.8 Å². The molecule has 88 valence electrons. The van der Waals surface area contributed by atoms with Gasteiger partial charge in [-0.1, -0.05) is 12.1 Å². The van der Waals surface area contributed by atoms with E-state index in [-0.39, 0.29) is 5.91 Å². The lowest BCUT2D eigenvalue weighted by Gasteiger charge is -2.08. The first-order valence-electron chi connectivity index (χ1n) is 5.17. The third-order valence-electron chi connectivity index (χ3n) is 2.29. The fourth-order valence-electron chi connectivity index (χ4n) is 1.47. The zero-order chi connectivity index (χ0) is 12.3. The van der Waals surface area contributed by atoms with E-state index in [4.69, 9.17) is 4.74 Å². The Morgan fingerprint density at radius 3 is 2.82 bits per heavy atom. The van der Waals surface area contributed by atoms with Crippen molar-refractivity contribution >= 4 is 11.6 Å². The summed E-state index contributed by atoms with van der Waals surface area (Å²) in [5.74, 6) is 0.354. The lowest BCUT2D eigenvalue weighted by Crippen LogP contribution is -2.13. The number of amides is 1. The van der Waals surface area contributed by atoms with Crippen LogP contribution in [0.15, 0.2) is 30.3 Å². The van der Waals surface area contributed by atoms with Crippen LogP contribution in [0.25, 0.3) is 0 Å². The van der Waals surface area contributed by atoms with Gasteiger partial charge < -0.3 is 10.1 Å². The van der Waals surface area contributed by atoms with Gasteiger partial charge >= 0.3 is 0 Å². The number of carbonyl (C=O) groups is 1. The van der Waals surface area contributed by atoms with Gasteiger partial charge in [-0.3, -0.25) is 9.89 Å². The number of hydrogen-bond donors (Lipinski definition) is 2. The van der Waals surface area contributed by atoms with Crippen LogP contribution in [0, 0.1) is 6.92 Å². The first kappa shape index (κ1) is 11.2. The molecular formula is C12H13N3O2. The van der Waals surface area contributed by atoms with Gasteiger partial charge in [-0.2, -0.15) is 5.10 Å². The van der Waals surface area contributed by atoms with Crippen molar-refractivity contribution in [2.45, 2.75) is 6.92 Å². The molecule has 0 fully saturated rings. The summed E-state index contributed by atoms with van der Waals surface area (Å²) in [7, 11) is 1.56. The SMILES string of the molecule is COc1ccccc1NC(=O)c1cc(C)[nH]n1. The third-order valence-corrected chi connectivity index (χ3v) is 2.29. The van der Waals surface area contributed by atoms with E-state index < -0.39 is 0 Å². The number of benzene rings is 1. The maximum absolute atomic E-state index is 11.8. The van der Waals surface area contributed by atoms with Gasteiger partial charge in [-0.15, -0.1) is 0 Å². The highest BCUT2D eigenvalue weighted by molar-refractivity contribution is 6.03. The smallest absolute Gasteiger partial charge is 0.276 e. The van der Waals surface area contributed by atoms with E-state index in [0.29, 0.717) is 17.1 Å². The Hall–Kier alpha value is -2.30. The maximum Gasteiger partial charge on any atom is 0.276 e. The normalized spacial score (nSPS) is 10.0. The standard InChI is InChI=1S/C12H13N3O2/c1-8-7-10(15-14-8)12(16)13-9-5-3-4-6-11(9)17-2/h3-7H,1-2H3,(H,13,16)(H,14,15).